The number of hydrogen-bond donors (Lipinski definition) is 1. The van der Waals surface area contributed by atoms with Crippen molar-refractivity contribution >= 4 is 43.2 Å². The Hall–Kier alpha value is 0.620. The highest BCUT2D eigenvalue weighted by Crippen LogP contribution is 2.38. The van der Waals surface area contributed by atoms with E-state index in [9.17, 15) is 5.11 Å². The highest BCUT2D eigenvalue weighted by molar-refractivity contribution is 9.13. The molecular formula is C10H14Br2OS. The van der Waals surface area contributed by atoms with Gasteiger partial charge in [-0.3, -0.25) is 0 Å². The summed E-state index contributed by atoms with van der Waals surface area (Å²) in [6.07, 6.45) is 1.72. The SMILES string of the molecule is CCC(CC)C(O)c1cc(Br)c(Br)s1. The van der Waals surface area contributed by atoms with Crippen molar-refractivity contribution in [2.45, 2.75) is 32.8 Å². The second kappa shape index (κ2) is 5.64. The molecule has 0 aliphatic rings. The van der Waals surface area contributed by atoms with E-state index in [0.29, 0.717) is 5.92 Å². The highest BCUT2D eigenvalue weighted by Gasteiger charge is 2.20. The molecule has 4 heteroatoms. The van der Waals surface area contributed by atoms with E-state index in [1.165, 1.54) is 0 Å². The van der Waals surface area contributed by atoms with Gasteiger partial charge in [-0.05, 0) is 43.8 Å². The van der Waals surface area contributed by atoms with Crippen LogP contribution in [-0.2, 0) is 0 Å². The second-order valence-electron chi connectivity index (χ2n) is 3.29. The lowest BCUT2D eigenvalue weighted by atomic mass is 9.96. The summed E-state index contributed by atoms with van der Waals surface area (Å²) in [6.45, 7) is 4.24. The summed E-state index contributed by atoms with van der Waals surface area (Å²) in [4.78, 5) is 1.04. The molecule has 1 unspecified atom stereocenters. The molecule has 1 N–H and O–H groups in total. The fraction of sp³-hybridized carbons (Fsp3) is 0.600. The molecule has 0 saturated carbocycles. The summed E-state index contributed by atoms with van der Waals surface area (Å²) >= 11 is 8.47. The van der Waals surface area contributed by atoms with Gasteiger partial charge in [0.05, 0.1) is 9.89 Å². The third-order valence-electron chi connectivity index (χ3n) is 2.45. The Morgan fingerprint density at radius 2 is 1.93 bits per heavy atom. The van der Waals surface area contributed by atoms with E-state index in [4.69, 9.17) is 0 Å². The summed E-state index contributed by atoms with van der Waals surface area (Å²) in [5, 5.41) is 10.1. The van der Waals surface area contributed by atoms with E-state index in [1.807, 2.05) is 6.07 Å². The van der Waals surface area contributed by atoms with Crippen molar-refractivity contribution in [1.82, 2.24) is 0 Å². The van der Waals surface area contributed by atoms with Crippen LogP contribution in [0.15, 0.2) is 14.3 Å². The smallest absolute Gasteiger partial charge is 0.0910 e. The molecule has 1 aromatic rings. The zero-order valence-electron chi connectivity index (χ0n) is 8.26. The van der Waals surface area contributed by atoms with Crippen LogP contribution in [0, 0.1) is 5.92 Å². The van der Waals surface area contributed by atoms with Crippen LogP contribution >= 0.6 is 43.2 Å². The average molecular weight is 342 g/mol. The third kappa shape index (κ3) is 2.81. The summed E-state index contributed by atoms with van der Waals surface area (Å²) in [5.74, 6) is 0.368. The first-order valence-corrected chi connectivity index (χ1v) is 7.13. The molecule has 1 heterocycles. The number of rotatable bonds is 4. The van der Waals surface area contributed by atoms with E-state index in [2.05, 4.69) is 45.7 Å². The number of aliphatic hydroxyl groups excluding tert-OH is 1. The van der Waals surface area contributed by atoms with Crippen LogP contribution in [0.3, 0.4) is 0 Å². The summed E-state index contributed by atoms with van der Waals surface area (Å²) in [5.41, 5.74) is 0. The molecule has 1 nitrogen and oxygen atoms in total. The molecule has 0 fully saturated rings. The minimum atomic E-state index is -0.322. The molecule has 0 amide bonds. The Labute approximate surface area is 106 Å². The van der Waals surface area contributed by atoms with Crippen molar-refractivity contribution in [2.24, 2.45) is 5.92 Å². The molecule has 0 aliphatic heterocycles. The average Bonchev–Trinajstić information content (AvgIpc) is 2.49. The molecular weight excluding hydrogens is 328 g/mol. The molecule has 0 saturated heterocycles. The van der Waals surface area contributed by atoms with Gasteiger partial charge < -0.3 is 5.11 Å². The quantitative estimate of drug-likeness (QED) is 0.838. The molecule has 0 bridgehead atoms. The van der Waals surface area contributed by atoms with E-state index in [1.54, 1.807) is 11.3 Å². The molecule has 0 aliphatic carbocycles. The van der Waals surface area contributed by atoms with E-state index >= 15 is 0 Å². The van der Waals surface area contributed by atoms with Crippen molar-refractivity contribution in [1.29, 1.82) is 0 Å². The number of halogens is 2. The Balaban J connectivity index is 2.82. The maximum Gasteiger partial charge on any atom is 0.0910 e. The fourth-order valence-electron chi connectivity index (χ4n) is 1.48. The predicted octanol–water partition coefficient (Wildman–Crippen LogP) is 4.74. The number of thiophene rings is 1. The topological polar surface area (TPSA) is 20.2 Å². The molecule has 0 radical (unpaired) electrons. The van der Waals surface area contributed by atoms with Gasteiger partial charge in [0.1, 0.15) is 0 Å². The highest BCUT2D eigenvalue weighted by atomic mass is 79.9. The van der Waals surface area contributed by atoms with Gasteiger partial charge in [-0.25, -0.2) is 0 Å². The van der Waals surface area contributed by atoms with Crippen molar-refractivity contribution in [3.05, 3.63) is 19.2 Å². The van der Waals surface area contributed by atoms with Crippen LogP contribution in [0.25, 0.3) is 0 Å². The van der Waals surface area contributed by atoms with Gasteiger partial charge in [0.2, 0.25) is 0 Å². The minimum absolute atomic E-state index is 0.322. The third-order valence-corrected chi connectivity index (χ3v) is 5.78. The van der Waals surface area contributed by atoms with Crippen LogP contribution < -0.4 is 0 Å². The van der Waals surface area contributed by atoms with Crippen LogP contribution in [0.2, 0.25) is 0 Å². The first-order valence-electron chi connectivity index (χ1n) is 4.72. The first kappa shape index (κ1) is 12.7. The van der Waals surface area contributed by atoms with E-state index in [-0.39, 0.29) is 6.10 Å². The van der Waals surface area contributed by atoms with Crippen molar-refractivity contribution in [2.75, 3.05) is 0 Å². The van der Waals surface area contributed by atoms with Gasteiger partial charge in [-0.15, -0.1) is 11.3 Å². The monoisotopic (exact) mass is 340 g/mol. The zero-order chi connectivity index (χ0) is 10.7. The maximum atomic E-state index is 10.1. The number of aliphatic hydroxyl groups is 1. The maximum absolute atomic E-state index is 10.1. The second-order valence-corrected chi connectivity index (χ2v) is 6.55. The van der Waals surface area contributed by atoms with Gasteiger partial charge in [0.25, 0.3) is 0 Å². The van der Waals surface area contributed by atoms with Gasteiger partial charge in [-0.1, -0.05) is 26.7 Å². The largest absolute Gasteiger partial charge is 0.387 e. The first-order chi connectivity index (χ1) is 6.60. The Morgan fingerprint density at radius 3 is 2.29 bits per heavy atom. The zero-order valence-corrected chi connectivity index (χ0v) is 12.2. The van der Waals surface area contributed by atoms with Gasteiger partial charge in [0, 0.05) is 9.35 Å². The molecule has 80 valence electrons. The Bertz CT molecular complexity index is 275. The Kier molecular flexibility index (Phi) is 5.11. The lowest BCUT2D eigenvalue weighted by Gasteiger charge is -2.18. The number of hydrogen-bond acceptors (Lipinski definition) is 2. The minimum Gasteiger partial charge on any atom is -0.387 e. The van der Waals surface area contributed by atoms with Crippen molar-refractivity contribution < 1.29 is 5.11 Å². The van der Waals surface area contributed by atoms with Gasteiger partial charge in [0.15, 0.2) is 0 Å². The lowest BCUT2D eigenvalue weighted by molar-refractivity contribution is 0.107. The van der Waals surface area contributed by atoms with Gasteiger partial charge in [-0.2, -0.15) is 0 Å². The molecule has 1 rings (SSSR count). The standard InChI is InChI=1S/C10H14Br2OS/c1-3-6(4-2)9(13)8-5-7(11)10(12)14-8/h5-6,9,13H,3-4H2,1-2H3. The van der Waals surface area contributed by atoms with Crippen LogP contribution in [-0.4, -0.2) is 5.11 Å². The van der Waals surface area contributed by atoms with E-state index < -0.39 is 0 Å². The van der Waals surface area contributed by atoms with Crippen molar-refractivity contribution in [3.8, 4) is 0 Å². The Morgan fingerprint density at radius 1 is 1.36 bits per heavy atom. The van der Waals surface area contributed by atoms with Crippen LogP contribution in [0.1, 0.15) is 37.7 Å². The van der Waals surface area contributed by atoms with Crippen LogP contribution in [0.4, 0.5) is 0 Å². The van der Waals surface area contributed by atoms with E-state index in [0.717, 1.165) is 26.0 Å². The summed E-state index contributed by atoms with van der Waals surface area (Å²) < 4.78 is 2.08. The van der Waals surface area contributed by atoms with Crippen LogP contribution in [0.5, 0.6) is 0 Å². The lowest BCUT2D eigenvalue weighted by Crippen LogP contribution is -2.09. The van der Waals surface area contributed by atoms with Crippen molar-refractivity contribution in [3.63, 3.8) is 0 Å². The molecule has 1 atom stereocenters. The summed E-state index contributed by atoms with van der Waals surface area (Å²) in [6, 6.07) is 2.00. The molecule has 0 spiro atoms. The fourth-order valence-corrected chi connectivity index (χ4v) is 3.65. The summed E-state index contributed by atoms with van der Waals surface area (Å²) in [7, 11) is 0. The molecule has 1 aromatic heterocycles. The predicted molar refractivity (Wildman–Crippen MR) is 68.8 cm³/mol. The molecule has 0 aromatic carbocycles. The normalized spacial score (nSPS) is 13.6. The van der Waals surface area contributed by atoms with Gasteiger partial charge >= 0.3 is 0 Å². The molecule has 14 heavy (non-hydrogen) atoms.